The summed E-state index contributed by atoms with van der Waals surface area (Å²) in [5.41, 5.74) is 1.20. The van der Waals surface area contributed by atoms with Gasteiger partial charge in [-0.2, -0.15) is 15.1 Å². The monoisotopic (exact) mass is 472 g/mol. The maximum Gasteiger partial charge on any atom is 0.254 e. The minimum atomic E-state index is -1.28. The van der Waals surface area contributed by atoms with Gasteiger partial charge < -0.3 is 30.7 Å². The Hall–Kier alpha value is -3.13. The molecule has 1 amide bonds. The predicted molar refractivity (Wildman–Crippen MR) is 119 cm³/mol. The van der Waals surface area contributed by atoms with Crippen molar-refractivity contribution in [1.82, 2.24) is 34.6 Å². The molecule has 3 aromatic heterocycles. The molecule has 4 atom stereocenters. The highest BCUT2D eigenvalue weighted by Crippen LogP contribution is 2.33. The molecular weight excluding hydrogens is 444 g/mol. The Morgan fingerprint density at radius 1 is 1.24 bits per heavy atom. The molecule has 1 saturated carbocycles. The molecular formula is C21H28N8O5. The molecule has 3 aromatic rings. The summed E-state index contributed by atoms with van der Waals surface area (Å²) in [6, 6.07) is 0.244. The van der Waals surface area contributed by atoms with Gasteiger partial charge in [0, 0.05) is 18.8 Å². The van der Waals surface area contributed by atoms with Gasteiger partial charge in [0.15, 0.2) is 23.2 Å². The maximum atomic E-state index is 12.2. The first-order valence-electron chi connectivity index (χ1n) is 11.5. The number of hydrogen-bond acceptors (Lipinski definition) is 10. The highest BCUT2D eigenvalue weighted by molar-refractivity contribution is 5.93. The highest BCUT2D eigenvalue weighted by atomic mass is 16.6. The quantitative estimate of drug-likeness (QED) is 0.308. The zero-order chi connectivity index (χ0) is 23.8. The standard InChI is InChI=1S/C21H28N8O5/c1-2-22-19(33)11-7-24-29(8-11)21-26-17(25-12-5-3-4-6-12)14-18(27-21)28(10-23-14)20-16(32)15(31)13(9-30)34-20/h7-8,10,12-13,15-16,20,30-32H,2-6,9H2,1H3,(H,22,33)(H,25,26,27)/t13-,15-,16-,20-/m1/s1. The lowest BCUT2D eigenvalue weighted by molar-refractivity contribution is -0.0511. The fourth-order valence-electron chi connectivity index (χ4n) is 4.48. The van der Waals surface area contributed by atoms with E-state index in [9.17, 15) is 20.1 Å². The molecule has 0 radical (unpaired) electrons. The number of amides is 1. The number of imidazole rings is 1. The lowest BCUT2D eigenvalue weighted by atomic mass is 10.1. The number of fused-ring (bicyclic) bond motifs is 1. The van der Waals surface area contributed by atoms with Gasteiger partial charge in [-0.05, 0) is 19.8 Å². The number of anilines is 1. The summed E-state index contributed by atoms with van der Waals surface area (Å²) in [5.74, 6) is 0.458. The van der Waals surface area contributed by atoms with Crippen molar-refractivity contribution in [3.05, 3.63) is 24.3 Å². The van der Waals surface area contributed by atoms with E-state index < -0.39 is 31.1 Å². The fourth-order valence-corrected chi connectivity index (χ4v) is 4.48. The van der Waals surface area contributed by atoms with Gasteiger partial charge in [-0.15, -0.1) is 0 Å². The average molecular weight is 473 g/mol. The molecule has 2 aliphatic rings. The molecule has 1 aliphatic heterocycles. The van der Waals surface area contributed by atoms with Crippen LogP contribution in [0.25, 0.3) is 17.1 Å². The lowest BCUT2D eigenvalue weighted by Gasteiger charge is -2.18. The van der Waals surface area contributed by atoms with Crippen molar-refractivity contribution in [2.24, 2.45) is 0 Å². The van der Waals surface area contributed by atoms with Crippen molar-refractivity contribution in [3.63, 3.8) is 0 Å². The summed E-state index contributed by atoms with van der Waals surface area (Å²) in [6.07, 6.45) is 4.26. The van der Waals surface area contributed by atoms with E-state index in [2.05, 4.69) is 30.7 Å². The van der Waals surface area contributed by atoms with Gasteiger partial charge >= 0.3 is 0 Å². The zero-order valence-corrected chi connectivity index (χ0v) is 18.7. The minimum Gasteiger partial charge on any atom is -0.394 e. The molecule has 0 aromatic carbocycles. The fraction of sp³-hybridized carbons (Fsp3) is 0.571. The average Bonchev–Trinajstić information content (AvgIpc) is 3.62. The van der Waals surface area contributed by atoms with Crippen molar-refractivity contribution in [1.29, 1.82) is 0 Å². The van der Waals surface area contributed by atoms with Crippen LogP contribution < -0.4 is 10.6 Å². The van der Waals surface area contributed by atoms with E-state index in [4.69, 9.17) is 4.74 Å². The number of carbonyl (C=O) groups excluding carboxylic acids is 1. The number of aliphatic hydroxyl groups is 3. The Morgan fingerprint density at radius 2 is 2.03 bits per heavy atom. The number of ether oxygens (including phenoxy) is 1. The van der Waals surface area contributed by atoms with Crippen LogP contribution in [0.5, 0.6) is 0 Å². The van der Waals surface area contributed by atoms with E-state index in [1.54, 1.807) is 6.20 Å². The normalized spacial score (nSPS) is 25.3. The van der Waals surface area contributed by atoms with E-state index in [-0.39, 0.29) is 17.9 Å². The van der Waals surface area contributed by atoms with Gasteiger partial charge in [-0.3, -0.25) is 9.36 Å². The molecule has 182 valence electrons. The van der Waals surface area contributed by atoms with Crippen LogP contribution in [0.2, 0.25) is 0 Å². The Balaban J connectivity index is 1.57. The van der Waals surface area contributed by atoms with Crippen LogP contribution in [0, 0.1) is 0 Å². The molecule has 5 rings (SSSR count). The first-order chi connectivity index (χ1) is 16.5. The van der Waals surface area contributed by atoms with Gasteiger partial charge in [0.1, 0.15) is 18.3 Å². The summed E-state index contributed by atoms with van der Waals surface area (Å²) >= 11 is 0. The van der Waals surface area contributed by atoms with Gasteiger partial charge in [-0.1, -0.05) is 12.8 Å². The predicted octanol–water partition coefficient (Wildman–Crippen LogP) is -0.272. The number of carbonyl (C=O) groups is 1. The first-order valence-corrected chi connectivity index (χ1v) is 11.5. The summed E-state index contributed by atoms with van der Waals surface area (Å²) in [7, 11) is 0. The third kappa shape index (κ3) is 4.00. The van der Waals surface area contributed by atoms with Gasteiger partial charge in [-0.25, -0.2) is 9.67 Å². The second-order valence-electron chi connectivity index (χ2n) is 8.58. The van der Waals surface area contributed by atoms with Crippen LogP contribution in [0.1, 0.15) is 49.2 Å². The second kappa shape index (κ2) is 9.25. The lowest BCUT2D eigenvalue weighted by Crippen LogP contribution is -2.33. The summed E-state index contributed by atoms with van der Waals surface area (Å²) in [4.78, 5) is 25.9. The minimum absolute atomic E-state index is 0.206. The van der Waals surface area contributed by atoms with Gasteiger partial charge in [0.25, 0.3) is 11.9 Å². The van der Waals surface area contributed by atoms with Crippen molar-refractivity contribution in [2.45, 2.75) is 63.2 Å². The van der Waals surface area contributed by atoms with Crippen LogP contribution >= 0.6 is 0 Å². The SMILES string of the molecule is CCNC(=O)c1cnn(-c2nc(NC3CCCC3)c3ncn([C@@H]4O[C@H](CO)[C@@H](O)[C@H]4O)c3n2)c1. The van der Waals surface area contributed by atoms with Gasteiger partial charge in [0.05, 0.1) is 24.7 Å². The molecule has 4 heterocycles. The summed E-state index contributed by atoms with van der Waals surface area (Å²) in [5, 5.41) is 40.6. The topological polar surface area (TPSA) is 172 Å². The van der Waals surface area contributed by atoms with E-state index in [0.29, 0.717) is 29.1 Å². The third-order valence-corrected chi connectivity index (χ3v) is 6.28. The third-order valence-electron chi connectivity index (χ3n) is 6.28. The van der Waals surface area contributed by atoms with Crippen molar-refractivity contribution >= 4 is 22.9 Å². The Kier molecular flexibility index (Phi) is 6.16. The number of hydrogen-bond donors (Lipinski definition) is 5. The van der Waals surface area contributed by atoms with E-state index >= 15 is 0 Å². The van der Waals surface area contributed by atoms with Gasteiger partial charge in [0.2, 0.25) is 0 Å². The van der Waals surface area contributed by atoms with Crippen LogP contribution in [-0.2, 0) is 4.74 Å². The summed E-state index contributed by atoms with van der Waals surface area (Å²) < 4.78 is 8.60. The molecule has 13 heteroatoms. The van der Waals surface area contributed by atoms with Crippen molar-refractivity contribution in [2.75, 3.05) is 18.5 Å². The first kappa shape index (κ1) is 22.7. The molecule has 0 bridgehead atoms. The number of aromatic nitrogens is 6. The van der Waals surface area contributed by atoms with E-state index in [1.807, 2.05) is 6.92 Å². The number of aliphatic hydroxyl groups excluding tert-OH is 3. The Labute approximate surface area is 194 Å². The van der Waals surface area contributed by atoms with Crippen LogP contribution in [0.4, 0.5) is 5.82 Å². The number of nitrogens with zero attached hydrogens (tertiary/aromatic N) is 6. The van der Waals surface area contributed by atoms with E-state index in [1.165, 1.54) is 21.8 Å². The maximum absolute atomic E-state index is 12.2. The van der Waals surface area contributed by atoms with Crippen molar-refractivity contribution in [3.8, 4) is 5.95 Å². The largest absolute Gasteiger partial charge is 0.394 e. The van der Waals surface area contributed by atoms with E-state index in [0.717, 1.165) is 25.7 Å². The van der Waals surface area contributed by atoms with Crippen molar-refractivity contribution < 1.29 is 24.9 Å². The smallest absolute Gasteiger partial charge is 0.254 e. The Morgan fingerprint density at radius 3 is 2.74 bits per heavy atom. The molecule has 2 fully saturated rings. The highest BCUT2D eigenvalue weighted by Gasteiger charge is 2.44. The zero-order valence-electron chi connectivity index (χ0n) is 18.7. The number of nitrogens with one attached hydrogen (secondary N) is 2. The molecule has 0 spiro atoms. The molecule has 0 unspecified atom stereocenters. The molecule has 1 aliphatic carbocycles. The molecule has 13 nitrogen and oxygen atoms in total. The molecule has 34 heavy (non-hydrogen) atoms. The molecule has 1 saturated heterocycles. The summed E-state index contributed by atoms with van der Waals surface area (Å²) in [6.45, 7) is 1.89. The Bertz CT molecular complexity index is 1170. The van der Waals surface area contributed by atoms with Crippen LogP contribution in [0.3, 0.4) is 0 Å². The van der Waals surface area contributed by atoms with Crippen LogP contribution in [-0.4, -0.2) is 88.0 Å². The number of rotatable bonds is 7. The van der Waals surface area contributed by atoms with Crippen LogP contribution in [0.15, 0.2) is 18.7 Å². The second-order valence-corrected chi connectivity index (χ2v) is 8.58. The molecule has 5 N–H and O–H groups in total.